The van der Waals surface area contributed by atoms with E-state index in [0.29, 0.717) is 13.1 Å². The predicted octanol–water partition coefficient (Wildman–Crippen LogP) is 2.93. The van der Waals surface area contributed by atoms with Crippen LogP contribution in [0.15, 0.2) is 36.4 Å². The molecule has 0 unspecified atom stereocenters. The van der Waals surface area contributed by atoms with Gasteiger partial charge in [0.05, 0.1) is 20.8 Å². The maximum atomic E-state index is 13.9. The average Bonchev–Trinajstić information content (AvgIpc) is 2.75. The number of hydrogen-bond acceptors (Lipinski definition) is 5. The van der Waals surface area contributed by atoms with Crippen LogP contribution in [0.2, 0.25) is 0 Å². The molecule has 2 aromatic carbocycles. The Balaban J connectivity index is 1.47. The van der Waals surface area contributed by atoms with Gasteiger partial charge in [-0.15, -0.1) is 0 Å². The summed E-state index contributed by atoms with van der Waals surface area (Å²) >= 11 is 0. The van der Waals surface area contributed by atoms with Crippen molar-refractivity contribution < 1.29 is 18.7 Å². The van der Waals surface area contributed by atoms with Crippen molar-refractivity contribution in [2.75, 3.05) is 54.0 Å². The highest BCUT2D eigenvalue weighted by Gasteiger charge is 2.21. The van der Waals surface area contributed by atoms with E-state index >= 15 is 0 Å². The highest BCUT2D eigenvalue weighted by molar-refractivity contribution is 5.78. The highest BCUT2D eigenvalue weighted by atomic mass is 19.1. The molecule has 6 nitrogen and oxygen atoms in total. The second kappa shape index (κ2) is 10.6. The second-order valence-electron chi connectivity index (χ2n) is 8.09. The summed E-state index contributed by atoms with van der Waals surface area (Å²) in [6.07, 6.45) is 0. The molecular formula is C24H32FN3O3. The van der Waals surface area contributed by atoms with Gasteiger partial charge in [0.25, 0.3) is 0 Å². The van der Waals surface area contributed by atoms with Crippen LogP contribution in [0.25, 0.3) is 0 Å². The summed E-state index contributed by atoms with van der Waals surface area (Å²) in [6.45, 7) is 7.15. The maximum absolute atomic E-state index is 13.9. The lowest BCUT2D eigenvalue weighted by Crippen LogP contribution is -2.49. The molecule has 1 aliphatic heterocycles. The smallest absolute Gasteiger partial charge is 0.236 e. The van der Waals surface area contributed by atoms with Gasteiger partial charge in [0, 0.05) is 51.9 Å². The molecule has 0 saturated carbocycles. The molecule has 3 rings (SSSR count). The molecule has 7 heteroatoms. The maximum Gasteiger partial charge on any atom is 0.236 e. The van der Waals surface area contributed by atoms with Gasteiger partial charge in [-0.25, -0.2) is 4.39 Å². The third-order valence-corrected chi connectivity index (χ3v) is 5.72. The lowest BCUT2D eigenvalue weighted by Gasteiger charge is -2.35. The van der Waals surface area contributed by atoms with Gasteiger partial charge in [-0.2, -0.15) is 0 Å². The topological polar surface area (TPSA) is 45.2 Å². The quantitative estimate of drug-likeness (QED) is 0.646. The summed E-state index contributed by atoms with van der Waals surface area (Å²) in [7, 11) is 4.89. The van der Waals surface area contributed by atoms with E-state index in [4.69, 9.17) is 9.47 Å². The van der Waals surface area contributed by atoms with Crippen LogP contribution in [0.1, 0.15) is 16.7 Å². The summed E-state index contributed by atoms with van der Waals surface area (Å²) in [6, 6.07) is 11.0. The molecule has 0 N–H and O–H groups in total. The Hall–Kier alpha value is -2.64. The van der Waals surface area contributed by atoms with E-state index in [1.807, 2.05) is 6.07 Å². The number of nitrogens with zero attached hydrogens (tertiary/aromatic N) is 3. The average molecular weight is 430 g/mol. The molecule has 0 aliphatic carbocycles. The Kier molecular flexibility index (Phi) is 7.87. The molecule has 0 bridgehead atoms. The Labute approximate surface area is 184 Å². The van der Waals surface area contributed by atoms with Crippen molar-refractivity contribution in [2.24, 2.45) is 0 Å². The zero-order chi connectivity index (χ0) is 22.4. The van der Waals surface area contributed by atoms with E-state index in [1.54, 1.807) is 31.2 Å². The van der Waals surface area contributed by atoms with E-state index in [0.717, 1.165) is 44.0 Å². The van der Waals surface area contributed by atoms with Gasteiger partial charge >= 0.3 is 0 Å². The van der Waals surface area contributed by atoms with Crippen molar-refractivity contribution in [3.8, 4) is 11.5 Å². The summed E-state index contributed by atoms with van der Waals surface area (Å²) in [5.41, 5.74) is 3.16. The predicted molar refractivity (Wildman–Crippen MR) is 119 cm³/mol. The molecule has 1 amide bonds. The van der Waals surface area contributed by atoms with Crippen LogP contribution in [-0.4, -0.2) is 74.6 Å². The van der Waals surface area contributed by atoms with E-state index in [9.17, 15) is 9.18 Å². The number of piperazine rings is 1. The number of aryl methyl sites for hydroxylation is 1. The number of hydrogen-bond donors (Lipinski definition) is 0. The van der Waals surface area contributed by atoms with Crippen LogP contribution < -0.4 is 9.47 Å². The van der Waals surface area contributed by atoms with Gasteiger partial charge in [-0.1, -0.05) is 23.8 Å². The molecule has 168 valence electrons. The number of likely N-dealkylation sites (N-methyl/N-ethyl adjacent to an activating group) is 1. The number of halogens is 1. The number of amides is 1. The molecule has 0 atom stereocenters. The van der Waals surface area contributed by atoms with Crippen LogP contribution in [0.4, 0.5) is 4.39 Å². The van der Waals surface area contributed by atoms with Gasteiger partial charge in [0.1, 0.15) is 5.75 Å². The van der Waals surface area contributed by atoms with Gasteiger partial charge < -0.3 is 14.4 Å². The van der Waals surface area contributed by atoms with Gasteiger partial charge in [-0.05, 0) is 30.7 Å². The lowest BCUT2D eigenvalue weighted by molar-refractivity contribution is -0.132. The third kappa shape index (κ3) is 6.18. The largest absolute Gasteiger partial charge is 0.496 e. The number of methoxy groups -OCH3 is 2. The molecule has 1 saturated heterocycles. The molecule has 0 spiro atoms. The fraction of sp³-hybridized carbons (Fsp3) is 0.458. The summed E-state index contributed by atoms with van der Waals surface area (Å²) in [5.74, 6) is 0.742. The third-order valence-electron chi connectivity index (χ3n) is 5.72. The van der Waals surface area contributed by atoms with Crippen molar-refractivity contribution in [1.82, 2.24) is 14.7 Å². The number of rotatable bonds is 8. The molecule has 0 aromatic heterocycles. The molecule has 2 aromatic rings. The number of carbonyl (C=O) groups excluding carboxylic acids is 1. The van der Waals surface area contributed by atoms with E-state index < -0.39 is 5.82 Å². The van der Waals surface area contributed by atoms with Crippen molar-refractivity contribution in [1.29, 1.82) is 0 Å². The first-order valence-electron chi connectivity index (χ1n) is 10.5. The molecule has 31 heavy (non-hydrogen) atoms. The van der Waals surface area contributed by atoms with Crippen molar-refractivity contribution in [3.63, 3.8) is 0 Å². The van der Waals surface area contributed by atoms with E-state index in [2.05, 4.69) is 28.9 Å². The van der Waals surface area contributed by atoms with Crippen LogP contribution in [0, 0.1) is 12.7 Å². The van der Waals surface area contributed by atoms with Crippen molar-refractivity contribution >= 4 is 5.91 Å². The minimum atomic E-state index is -0.415. The summed E-state index contributed by atoms with van der Waals surface area (Å²) in [5, 5.41) is 0. The van der Waals surface area contributed by atoms with Crippen LogP contribution in [-0.2, 0) is 17.9 Å². The summed E-state index contributed by atoms with van der Waals surface area (Å²) < 4.78 is 24.3. The number of carbonyl (C=O) groups is 1. The van der Waals surface area contributed by atoms with Crippen LogP contribution in [0.5, 0.6) is 11.5 Å². The van der Waals surface area contributed by atoms with E-state index in [1.165, 1.54) is 24.3 Å². The Morgan fingerprint density at radius 2 is 1.65 bits per heavy atom. The number of ether oxygens (including phenoxy) is 2. The molecule has 1 fully saturated rings. The van der Waals surface area contributed by atoms with Gasteiger partial charge in [-0.3, -0.25) is 14.6 Å². The second-order valence-corrected chi connectivity index (χ2v) is 8.09. The molecule has 1 aliphatic rings. The first kappa shape index (κ1) is 23.0. The fourth-order valence-corrected chi connectivity index (χ4v) is 3.86. The van der Waals surface area contributed by atoms with Crippen molar-refractivity contribution in [3.05, 3.63) is 58.9 Å². The monoisotopic (exact) mass is 429 g/mol. The van der Waals surface area contributed by atoms with E-state index in [-0.39, 0.29) is 11.7 Å². The minimum absolute atomic E-state index is 0.0324. The Morgan fingerprint density at radius 1 is 1.00 bits per heavy atom. The van der Waals surface area contributed by atoms with Gasteiger partial charge in [0.15, 0.2) is 11.6 Å². The van der Waals surface area contributed by atoms with Crippen LogP contribution in [0.3, 0.4) is 0 Å². The first-order valence-corrected chi connectivity index (χ1v) is 10.5. The fourth-order valence-electron chi connectivity index (χ4n) is 3.86. The molecule has 1 heterocycles. The Morgan fingerprint density at radius 3 is 2.29 bits per heavy atom. The normalized spacial score (nSPS) is 15.0. The highest BCUT2D eigenvalue weighted by Crippen LogP contribution is 2.22. The van der Waals surface area contributed by atoms with Gasteiger partial charge in [0.2, 0.25) is 5.91 Å². The molecular weight excluding hydrogens is 397 g/mol. The lowest BCUT2D eigenvalue weighted by atomic mass is 10.1. The standard InChI is InChI=1S/C24H32FN3O3/c1-18-5-7-22(30-3)20(13-18)16-27-9-11-28(12-10-27)17-24(29)26(2)15-19-6-8-23(31-4)21(25)14-19/h5-8,13-14H,9-12,15-17H2,1-4H3. The number of benzene rings is 2. The Bertz CT molecular complexity index is 898. The first-order chi connectivity index (χ1) is 14.9. The zero-order valence-corrected chi connectivity index (χ0v) is 18.9. The minimum Gasteiger partial charge on any atom is -0.496 e. The van der Waals surface area contributed by atoms with Crippen molar-refractivity contribution in [2.45, 2.75) is 20.0 Å². The SMILES string of the molecule is COc1ccc(CN(C)C(=O)CN2CCN(Cc3cc(C)ccc3OC)CC2)cc1F. The zero-order valence-electron chi connectivity index (χ0n) is 18.9. The summed E-state index contributed by atoms with van der Waals surface area (Å²) in [4.78, 5) is 18.9. The molecule has 0 radical (unpaired) electrons. The van der Waals surface area contributed by atoms with Crippen LogP contribution >= 0.6 is 0 Å².